The summed E-state index contributed by atoms with van der Waals surface area (Å²) in [6.45, 7) is 7.28. The van der Waals surface area contributed by atoms with E-state index in [9.17, 15) is 14.4 Å². The third-order valence-electron chi connectivity index (χ3n) is 3.42. The number of benzene rings is 1. The molecule has 1 unspecified atom stereocenters. The average Bonchev–Trinajstić information content (AvgIpc) is 2.55. The van der Waals surface area contributed by atoms with Crippen LogP contribution in [0.4, 0.5) is 5.69 Å². The highest BCUT2D eigenvalue weighted by molar-refractivity contribution is 6.40. The number of halogens is 1. The van der Waals surface area contributed by atoms with Gasteiger partial charge in [-0.3, -0.25) is 14.4 Å². The lowest BCUT2D eigenvalue weighted by Crippen LogP contribution is -2.35. The van der Waals surface area contributed by atoms with Gasteiger partial charge in [0, 0.05) is 22.5 Å². The molecule has 0 saturated heterocycles. The zero-order chi connectivity index (χ0) is 19.0. The molecule has 1 aromatic rings. The molecule has 0 aliphatic rings. The SMILES string of the molecule is CCC(C)NC(=O)CC(C)=NNC(=O)C(=O)Nc1ccc(C)c(Cl)c1. The number of nitrogens with one attached hydrogen (secondary N) is 3. The molecule has 0 heterocycles. The van der Waals surface area contributed by atoms with Gasteiger partial charge in [-0.1, -0.05) is 24.6 Å². The van der Waals surface area contributed by atoms with E-state index in [2.05, 4.69) is 21.2 Å². The molecule has 0 aliphatic carbocycles. The van der Waals surface area contributed by atoms with E-state index in [0.29, 0.717) is 16.4 Å². The molecule has 3 amide bonds. The molecule has 0 fully saturated rings. The molecule has 1 rings (SSSR count). The van der Waals surface area contributed by atoms with Crippen molar-refractivity contribution in [3.05, 3.63) is 28.8 Å². The van der Waals surface area contributed by atoms with E-state index in [1.165, 1.54) is 0 Å². The first-order valence-electron chi connectivity index (χ1n) is 7.93. The lowest BCUT2D eigenvalue weighted by atomic mass is 10.2. The summed E-state index contributed by atoms with van der Waals surface area (Å²) in [4.78, 5) is 35.3. The fourth-order valence-corrected chi connectivity index (χ4v) is 1.94. The lowest BCUT2D eigenvalue weighted by molar-refractivity contribution is -0.136. The van der Waals surface area contributed by atoms with E-state index < -0.39 is 11.8 Å². The number of aryl methyl sites for hydroxylation is 1. The van der Waals surface area contributed by atoms with Gasteiger partial charge in [-0.2, -0.15) is 5.10 Å². The van der Waals surface area contributed by atoms with Gasteiger partial charge in [0.15, 0.2) is 0 Å². The predicted molar refractivity (Wildman–Crippen MR) is 98.6 cm³/mol. The van der Waals surface area contributed by atoms with Crippen LogP contribution in [-0.4, -0.2) is 29.5 Å². The second-order valence-electron chi connectivity index (χ2n) is 5.76. The van der Waals surface area contributed by atoms with Crippen LogP contribution < -0.4 is 16.1 Å². The van der Waals surface area contributed by atoms with Crippen LogP contribution in [0.1, 0.15) is 39.2 Å². The van der Waals surface area contributed by atoms with Gasteiger partial charge < -0.3 is 10.6 Å². The van der Waals surface area contributed by atoms with Crippen LogP contribution in [0.3, 0.4) is 0 Å². The number of rotatable bonds is 6. The van der Waals surface area contributed by atoms with Gasteiger partial charge in [0.2, 0.25) is 5.91 Å². The van der Waals surface area contributed by atoms with Crippen LogP contribution in [0.25, 0.3) is 0 Å². The maximum atomic E-state index is 11.8. The molecular weight excluding hydrogens is 344 g/mol. The second kappa shape index (κ2) is 9.78. The van der Waals surface area contributed by atoms with Gasteiger partial charge in [-0.25, -0.2) is 5.43 Å². The highest BCUT2D eigenvalue weighted by Crippen LogP contribution is 2.19. The Labute approximate surface area is 152 Å². The molecule has 0 saturated carbocycles. The number of hydrogen-bond donors (Lipinski definition) is 3. The molecule has 0 spiro atoms. The molecule has 0 aromatic heterocycles. The Morgan fingerprint density at radius 1 is 1.24 bits per heavy atom. The van der Waals surface area contributed by atoms with Crippen molar-refractivity contribution in [3.63, 3.8) is 0 Å². The van der Waals surface area contributed by atoms with E-state index in [1.807, 2.05) is 20.8 Å². The standard InChI is InChI=1S/C17H23ClN4O3/c1-5-11(3)19-15(23)8-12(4)21-22-17(25)16(24)20-13-7-6-10(2)14(18)9-13/h6-7,9,11H,5,8H2,1-4H3,(H,19,23)(H,20,24)(H,22,25). The summed E-state index contributed by atoms with van der Waals surface area (Å²) in [5, 5.41) is 9.46. The van der Waals surface area contributed by atoms with Gasteiger partial charge in [0.1, 0.15) is 0 Å². The molecule has 0 bridgehead atoms. The van der Waals surface area contributed by atoms with Crippen molar-refractivity contribution in [3.8, 4) is 0 Å². The Balaban J connectivity index is 2.52. The Morgan fingerprint density at radius 2 is 1.92 bits per heavy atom. The molecule has 25 heavy (non-hydrogen) atoms. The lowest BCUT2D eigenvalue weighted by Gasteiger charge is -2.11. The van der Waals surface area contributed by atoms with E-state index in [-0.39, 0.29) is 18.4 Å². The van der Waals surface area contributed by atoms with E-state index in [4.69, 9.17) is 11.6 Å². The summed E-state index contributed by atoms with van der Waals surface area (Å²) in [6.07, 6.45) is 0.863. The summed E-state index contributed by atoms with van der Waals surface area (Å²) in [5.41, 5.74) is 3.78. The second-order valence-corrected chi connectivity index (χ2v) is 6.17. The molecule has 7 nitrogen and oxygen atoms in total. The Morgan fingerprint density at radius 3 is 2.52 bits per heavy atom. The maximum Gasteiger partial charge on any atom is 0.329 e. The third-order valence-corrected chi connectivity index (χ3v) is 3.83. The molecule has 3 N–H and O–H groups in total. The molecule has 136 valence electrons. The monoisotopic (exact) mass is 366 g/mol. The van der Waals surface area contributed by atoms with E-state index >= 15 is 0 Å². The maximum absolute atomic E-state index is 11.8. The first kappa shape index (κ1) is 20.6. The largest absolute Gasteiger partial charge is 0.353 e. The molecule has 8 heteroatoms. The zero-order valence-corrected chi connectivity index (χ0v) is 15.5. The predicted octanol–water partition coefficient (Wildman–Crippen LogP) is 2.38. The van der Waals surface area contributed by atoms with Crippen LogP contribution >= 0.6 is 11.6 Å². The van der Waals surface area contributed by atoms with Crippen LogP contribution in [0.2, 0.25) is 5.02 Å². The van der Waals surface area contributed by atoms with Crippen molar-refractivity contribution in [2.75, 3.05) is 5.32 Å². The van der Waals surface area contributed by atoms with Crippen LogP contribution in [0.5, 0.6) is 0 Å². The molecule has 0 radical (unpaired) electrons. The smallest absolute Gasteiger partial charge is 0.329 e. The van der Waals surface area contributed by atoms with Crippen molar-refractivity contribution < 1.29 is 14.4 Å². The fraction of sp³-hybridized carbons (Fsp3) is 0.412. The third kappa shape index (κ3) is 7.34. The Hall–Kier alpha value is -2.41. The molecule has 1 aromatic carbocycles. The number of carbonyl (C=O) groups is 3. The highest BCUT2D eigenvalue weighted by Gasteiger charge is 2.14. The Bertz CT molecular complexity index is 688. The summed E-state index contributed by atoms with van der Waals surface area (Å²) in [6, 6.07) is 4.99. The Kier molecular flexibility index (Phi) is 8.07. The number of carbonyl (C=O) groups excluding carboxylic acids is 3. The topological polar surface area (TPSA) is 99.7 Å². The minimum absolute atomic E-state index is 0.0415. The molecule has 1 atom stereocenters. The van der Waals surface area contributed by atoms with Gasteiger partial charge >= 0.3 is 11.8 Å². The highest BCUT2D eigenvalue weighted by atomic mass is 35.5. The average molecular weight is 367 g/mol. The number of nitrogens with zero attached hydrogens (tertiary/aromatic N) is 1. The van der Waals surface area contributed by atoms with Crippen LogP contribution in [0, 0.1) is 6.92 Å². The molecule has 0 aliphatic heterocycles. The zero-order valence-electron chi connectivity index (χ0n) is 14.8. The van der Waals surface area contributed by atoms with E-state index in [0.717, 1.165) is 12.0 Å². The van der Waals surface area contributed by atoms with Crippen molar-refractivity contribution in [2.45, 2.75) is 46.6 Å². The fourth-order valence-electron chi connectivity index (χ4n) is 1.76. The van der Waals surface area contributed by atoms with Crippen LogP contribution in [-0.2, 0) is 14.4 Å². The van der Waals surface area contributed by atoms with Gasteiger partial charge in [0.25, 0.3) is 0 Å². The first-order chi connectivity index (χ1) is 11.7. The van der Waals surface area contributed by atoms with E-state index in [1.54, 1.807) is 25.1 Å². The number of anilines is 1. The summed E-state index contributed by atoms with van der Waals surface area (Å²) < 4.78 is 0. The van der Waals surface area contributed by atoms with Crippen molar-refractivity contribution in [2.24, 2.45) is 5.10 Å². The summed E-state index contributed by atoms with van der Waals surface area (Å²) in [7, 11) is 0. The quantitative estimate of drug-likeness (QED) is 0.409. The van der Waals surface area contributed by atoms with Crippen molar-refractivity contribution in [1.29, 1.82) is 0 Å². The molecular formula is C17H23ClN4O3. The van der Waals surface area contributed by atoms with Gasteiger partial charge in [-0.15, -0.1) is 0 Å². The minimum atomic E-state index is -0.932. The summed E-state index contributed by atoms with van der Waals surface area (Å²) in [5.74, 6) is -2.00. The van der Waals surface area contributed by atoms with Crippen molar-refractivity contribution >= 4 is 40.7 Å². The normalized spacial score (nSPS) is 12.3. The van der Waals surface area contributed by atoms with Gasteiger partial charge in [-0.05, 0) is 44.9 Å². The van der Waals surface area contributed by atoms with Crippen LogP contribution in [0.15, 0.2) is 23.3 Å². The number of hydrazone groups is 1. The van der Waals surface area contributed by atoms with Gasteiger partial charge in [0.05, 0.1) is 6.42 Å². The minimum Gasteiger partial charge on any atom is -0.353 e. The number of hydrogen-bond acceptors (Lipinski definition) is 4. The first-order valence-corrected chi connectivity index (χ1v) is 8.30. The number of amides is 3. The summed E-state index contributed by atoms with van der Waals surface area (Å²) >= 11 is 5.96. The van der Waals surface area contributed by atoms with Crippen molar-refractivity contribution in [1.82, 2.24) is 10.7 Å².